The lowest BCUT2D eigenvalue weighted by Gasteiger charge is -2.25. The van der Waals surface area contributed by atoms with Crippen molar-refractivity contribution in [2.45, 2.75) is 54.0 Å². The van der Waals surface area contributed by atoms with E-state index < -0.39 is 0 Å². The van der Waals surface area contributed by atoms with Crippen LogP contribution in [0.2, 0.25) is 0 Å². The van der Waals surface area contributed by atoms with E-state index in [1.807, 2.05) is 0 Å². The second kappa shape index (κ2) is 11.7. The summed E-state index contributed by atoms with van der Waals surface area (Å²) in [5, 5.41) is 3.62. The molecule has 19 heavy (non-hydrogen) atoms. The summed E-state index contributed by atoms with van der Waals surface area (Å²) in [7, 11) is 0. The van der Waals surface area contributed by atoms with Crippen LogP contribution in [0.4, 0.5) is 0 Å². The van der Waals surface area contributed by atoms with Gasteiger partial charge in [0.15, 0.2) is 0 Å². The van der Waals surface area contributed by atoms with E-state index in [1.165, 1.54) is 39.1 Å². The van der Waals surface area contributed by atoms with Gasteiger partial charge in [-0.3, -0.25) is 0 Å². The second-order valence-electron chi connectivity index (χ2n) is 5.80. The molecule has 116 valence electrons. The van der Waals surface area contributed by atoms with Gasteiger partial charge in [-0.2, -0.15) is 0 Å². The van der Waals surface area contributed by atoms with Crippen LogP contribution in [0, 0.1) is 5.92 Å². The van der Waals surface area contributed by atoms with Gasteiger partial charge in [0.2, 0.25) is 0 Å². The minimum atomic E-state index is 0.620. The highest BCUT2D eigenvalue weighted by Gasteiger charge is 2.07. The van der Waals surface area contributed by atoms with Crippen molar-refractivity contribution in [3.63, 3.8) is 0 Å². The monoisotopic (exact) mass is 271 g/mol. The van der Waals surface area contributed by atoms with E-state index in [1.54, 1.807) is 0 Å². The quantitative estimate of drug-likeness (QED) is 0.589. The maximum atomic E-state index is 3.62. The molecular formula is C16H37N3. The molecule has 0 spiro atoms. The Labute approximate surface area is 121 Å². The first-order chi connectivity index (χ1) is 9.04. The van der Waals surface area contributed by atoms with E-state index in [4.69, 9.17) is 0 Å². The van der Waals surface area contributed by atoms with Crippen molar-refractivity contribution in [2.75, 3.05) is 45.8 Å². The van der Waals surface area contributed by atoms with E-state index in [0.717, 1.165) is 19.0 Å². The summed E-state index contributed by atoms with van der Waals surface area (Å²) in [6.07, 6.45) is 1.29. The number of hydrogen-bond donors (Lipinski definition) is 1. The molecular weight excluding hydrogens is 234 g/mol. The van der Waals surface area contributed by atoms with E-state index in [2.05, 4.69) is 56.7 Å². The van der Waals surface area contributed by atoms with Crippen LogP contribution in [-0.2, 0) is 0 Å². The van der Waals surface area contributed by atoms with Crippen LogP contribution in [-0.4, -0.2) is 61.7 Å². The van der Waals surface area contributed by atoms with Gasteiger partial charge in [-0.1, -0.05) is 34.6 Å². The highest BCUT2D eigenvalue weighted by Crippen LogP contribution is 1.99. The summed E-state index contributed by atoms with van der Waals surface area (Å²) in [5.74, 6) is 0.720. The van der Waals surface area contributed by atoms with Gasteiger partial charge in [0, 0.05) is 19.1 Å². The standard InChI is InChI=1S/C16H37N3/c1-7-18(8-2)12-10-13-19(9-3)14-11-17-16(6)15(4)5/h15-17H,7-14H2,1-6H3. The van der Waals surface area contributed by atoms with Crippen molar-refractivity contribution in [3.8, 4) is 0 Å². The van der Waals surface area contributed by atoms with Crippen LogP contribution in [0.1, 0.15) is 48.0 Å². The molecule has 0 amide bonds. The van der Waals surface area contributed by atoms with Gasteiger partial charge >= 0.3 is 0 Å². The molecule has 1 unspecified atom stereocenters. The summed E-state index contributed by atoms with van der Waals surface area (Å²) in [5.41, 5.74) is 0. The smallest absolute Gasteiger partial charge is 0.0107 e. The minimum absolute atomic E-state index is 0.620. The van der Waals surface area contributed by atoms with Crippen molar-refractivity contribution in [2.24, 2.45) is 5.92 Å². The third kappa shape index (κ3) is 9.42. The molecule has 0 saturated carbocycles. The summed E-state index contributed by atoms with van der Waals surface area (Å²) in [6.45, 7) is 21.9. The van der Waals surface area contributed by atoms with Crippen LogP contribution in [0.25, 0.3) is 0 Å². The molecule has 1 atom stereocenters. The molecule has 0 aromatic rings. The third-order valence-electron chi connectivity index (χ3n) is 4.18. The Hall–Kier alpha value is -0.120. The fourth-order valence-electron chi connectivity index (χ4n) is 2.17. The summed E-state index contributed by atoms with van der Waals surface area (Å²) in [4.78, 5) is 5.07. The second-order valence-corrected chi connectivity index (χ2v) is 5.80. The molecule has 0 radical (unpaired) electrons. The predicted octanol–water partition coefficient (Wildman–Crippen LogP) is 2.67. The van der Waals surface area contributed by atoms with E-state index in [9.17, 15) is 0 Å². The molecule has 0 aromatic heterocycles. The molecule has 0 aliphatic rings. The first-order valence-corrected chi connectivity index (χ1v) is 8.23. The average Bonchev–Trinajstić information content (AvgIpc) is 2.41. The van der Waals surface area contributed by atoms with Crippen LogP contribution in [0.15, 0.2) is 0 Å². The Kier molecular flexibility index (Phi) is 11.6. The van der Waals surface area contributed by atoms with Crippen molar-refractivity contribution in [3.05, 3.63) is 0 Å². The van der Waals surface area contributed by atoms with Crippen LogP contribution >= 0.6 is 0 Å². The zero-order chi connectivity index (χ0) is 14.7. The number of nitrogens with one attached hydrogen (secondary N) is 1. The fourth-order valence-corrected chi connectivity index (χ4v) is 2.17. The molecule has 0 rings (SSSR count). The zero-order valence-corrected chi connectivity index (χ0v) is 14.2. The Balaban J connectivity index is 3.71. The molecule has 0 aliphatic heterocycles. The van der Waals surface area contributed by atoms with Crippen LogP contribution < -0.4 is 5.32 Å². The first-order valence-electron chi connectivity index (χ1n) is 8.23. The first kappa shape index (κ1) is 18.9. The maximum Gasteiger partial charge on any atom is 0.0107 e. The van der Waals surface area contributed by atoms with Gasteiger partial charge in [0.05, 0.1) is 0 Å². The topological polar surface area (TPSA) is 18.5 Å². The molecule has 0 fully saturated rings. The molecule has 3 nitrogen and oxygen atoms in total. The number of hydrogen-bond acceptors (Lipinski definition) is 3. The van der Waals surface area contributed by atoms with Crippen molar-refractivity contribution >= 4 is 0 Å². The highest BCUT2D eigenvalue weighted by molar-refractivity contribution is 4.66. The Morgan fingerprint density at radius 1 is 0.789 bits per heavy atom. The Morgan fingerprint density at radius 3 is 1.79 bits per heavy atom. The van der Waals surface area contributed by atoms with Gasteiger partial charge in [-0.25, -0.2) is 0 Å². The molecule has 0 aromatic carbocycles. The van der Waals surface area contributed by atoms with Gasteiger partial charge < -0.3 is 15.1 Å². The van der Waals surface area contributed by atoms with Gasteiger partial charge in [0.1, 0.15) is 0 Å². The predicted molar refractivity (Wildman–Crippen MR) is 86.8 cm³/mol. The van der Waals surface area contributed by atoms with Crippen LogP contribution in [0.3, 0.4) is 0 Å². The number of nitrogens with zero attached hydrogens (tertiary/aromatic N) is 2. The molecule has 0 bridgehead atoms. The molecule has 0 heterocycles. The van der Waals surface area contributed by atoms with E-state index in [-0.39, 0.29) is 0 Å². The SMILES string of the molecule is CCN(CC)CCCN(CC)CCNC(C)C(C)C. The molecule has 0 saturated heterocycles. The Morgan fingerprint density at radius 2 is 1.32 bits per heavy atom. The van der Waals surface area contributed by atoms with E-state index in [0.29, 0.717) is 6.04 Å². The fraction of sp³-hybridized carbons (Fsp3) is 1.00. The van der Waals surface area contributed by atoms with E-state index >= 15 is 0 Å². The van der Waals surface area contributed by atoms with Crippen molar-refractivity contribution in [1.29, 1.82) is 0 Å². The maximum absolute atomic E-state index is 3.62. The largest absolute Gasteiger partial charge is 0.313 e. The lowest BCUT2D eigenvalue weighted by atomic mass is 10.1. The molecule has 3 heteroatoms. The highest BCUT2D eigenvalue weighted by atomic mass is 15.1. The molecule has 0 aliphatic carbocycles. The van der Waals surface area contributed by atoms with Gasteiger partial charge in [-0.15, -0.1) is 0 Å². The molecule has 1 N–H and O–H groups in total. The average molecular weight is 271 g/mol. The van der Waals surface area contributed by atoms with Crippen molar-refractivity contribution in [1.82, 2.24) is 15.1 Å². The van der Waals surface area contributed by atoms with Crippen LogP contribution in [0.5, 0.6) is 0 Å². The summed E-state index contributed by atoms with van der Waals surface area (Å²) < 4.78 is 0. The van der Waals surface area contributed by atoms with Gasteiger partial charge in [0.25, 0.3) is 0 Å². The summed E-state index contributed by atoms with van der Waals surface area (Å²) in [6, 6.07) is 0.620. The number of rotatable bonds is 12. The van der Waals surface area contributed by atoms with Crippen molar-refractivity contribution < 1.29 is 0 Å². The lowest BCUT2D eigenvalue weighted by molar-refractivity contribution is 0.240. The normalized spacial score (nSPS) is 13.7. The zero-order valence-electron chi connectivity index (χ0n) is 14.2. The third-order valence-corrected chi connectivity index (χ3v) is 4.18. The Bertz CT molecular complexity index is 182. The minimum Gasteiger partial charge on any atom is -0.313 e. The summed E-state index contributed by atoms with van der Waals surface area (Å²) >= 11 is 0. The number of likely N-dealkylation sites (N-methyl/N-ethyl adjacent to an activating group) is 1. The van der Waals surface area contributed by atoms with Gasteiger partial charge in [-0.05, 0) is 52.0 Å². The lowest BCUT2D eigenvalue weighted by Crippen LogP contribution is -2.39.